The minimum atomic E-state index is -4.23. The van der Waals surface area contributed by atoms with E-state index in [-0.39, 0.29) is 4.90 Å². The Morgan fingerprint density at radius 1 is 0.500 bits per heavy atom. The van der Waals surface area contributed by atoms with Gasteiger partial charge in [0.05, 0.1) is 4.90 Å². The molecule has 2 aromatic rings. The van der Waals surface area contributed by atoms with Gasteiger partial charge in [-0.2, -0.15) is 8.42 Å². The maximum absolute atomic E-state index is 12.0. The summed E-state index contributed by atoms with van der Waals surface area (Å²) in [4.78, 5) is 0.0338. The third-order valence-electron chi connectivity index (χ3n) is 9.02. The lowest BCUT2D eigenvalue weighted by molar-refractivity contribution is 0.483. The van der Waals surface area contributed by atoms with Gasteiger partial charge in [-0.25, -0.2) is 0 Å². The van der Waals surface area contributed by atoms with Crippen LogP contribution in [0.4, 0.5) is 0 Å². The molecule has 0 aromatic heterocycles. The molecule has 0 aliphatic rings. The fourth-order valence-electron chi connectivity index (χ4n) is 6.44. The SMILES string of the molecule is CCCCCCCCCCCCCCc1cccc2cc(S(=O)(=O)O)cc(CCCCCCCCCCCCCC)c12. The van der Waals surface area contributed by atoms with Crippen LogP contribution in [0.1, 0.15) is 179 Å². The van der Waals surface area contributed by atoms with Crippen LogP contribution in [-0.4, -0.2) is 13.0 Å². The van der Waals surface area contributed by atoms with Crippen LogP contribution in [0.5, 0.6) is 0 Å². The summed E-state index contributed by atoms with van der Waals surface area (Å²) in [5.41, 5.74) is 2.41. The molecule has 4 heteroatoms. The Balaban J connectivity index is 1.79. The zero-order chi connectivity index (χ0) is 30.3. The van der Waals surface area contributed by atoms with Crippen LogP contribution in [0, 0.1) is 0 Å². The highest BCUT2D eigenvalue weighted by Gasteiger charge is 2.15. The van der Waals surface area contributed by atoms with Crippen molar-refractivity contribution in [3.05, 3.63) is 41.5 Å². The first-order chi connectivity index (χ1) is 20.5. The third-order valence-corrected chi connectivity index (χ3v) is 9.85. The molecule has 0 spiro atoms. The summed E-state index contributed by atoms with van der Waals surface area (Å²) in [5.74, 6) is 0. The van der Waals surface area contributed by atoms with Gasteiger partial charge < -0.3 is 0 Å². The van der Waals surface area contributed by atoms with Gasteiger partial charge >= 0.3 is 0 Å². The number of rotatable bonds is 27. The van der Waals surface area contributed by atoms with E-state index >= 15 is 0 Å². The smallest absolute Gasteiger partial charge is 0.282 e. The fraction of sp³-hybridized carbons (Fsp3) is 0.737. The number of benzene rings is 2. The van der Waals surface area contributed by atoms with Crippen molar-refractivity contribution in [1.29, 1.82) is 0 Å². The molecule has 42 heavy (non-hydrogen) atoms. The van der Waals surface area contributed by atoms with Gasteiger partial charge in [-0.15, -0.1) is 0 Å². The van der Waals surface area contributed by atoms with E-state index in [1.807, 2.05) is 12.1 Å². The van der Waals surface area contributed by atoms with Gasteiger partial charge in [0.15, 0.2) is 0 Å². The Kier molecular flexibility index (Phi) is 20.2. The maximum Gasteiger partial charge on any atom is 0.294 e. The molecule has 0 saturated heterocycles. The second-order valence-electron chi connectivity index (χ2n) is 12.9. The summed E-state index contributed by atoms with van der Waals surface area (Å²) >= 11 is 0. The third kappa shape index (κ3) is 15.9. The predicted molar refractivity (Wildman–Crippen MR) is 183 cm³/mol. The van der Waals surface area contributed by atoms with Gasteiger partial charge in [-0.1, -0.05) is 173 Å². The Morgan fingerprint density at radius 3 is 1.29 bits per heavy atom. The molecule has 3 nitrogen and oxygen atoms in total. The number of fused-ring (bicyclic) bond motifs is 1. The molecule has 0 bridgehead atoms. The van der Waals surface area contributed by atoms with Crippen LogP contribution in [-0.2, 0) is 23.0 Å². The van der Waals surface area contributed by atoms with Crippen LogP contribution in [0.25, 0.3) is 10.8 Å². The van der Waals surface area contributed by atoms with E-state index in [0.717, 1.165) is 30.2 Å². The van der Waals surface area contributed by atoms with Crippen molar-refractivity contribution in [1.82, 2.24) is 0 Å². The summed E-state index contributed by atoms with van der Waals surface area (Å²) < 4.78 is 33.9. The molecule has 0 aliphatic carbocycles. The number of unbranched alkanes of at least 4 members (excludes halogenated alkanes) is 22. The van der Waals surface area contributed by atoms with E-state index in [1.54, 1.807) is 12.1 Å². The van der Waals surface area contributed by atoms with E-state index in [1.165, 1.54) is 159 Å². The Bertz CT molecular complexity index is 1060. The van der Waals surface area contributed by atoms with Gasteiger partial charge in [0.2, 0.25) is 0 Å². The van der Waals surface area contributed by atoms with Gasteiger partial charge in [0.25, 0.3) is 10.1 Å². The van der Waals surface area contributed by atoms with E-state index in [9.17, 15) is 13.0 Å². The highest BCUT2D eigenvalue weighted by atomic mass is 32.2. The molecule has 0 saturated carbocycles. The van der Waals surface area contributed by atoms with Crippen molar-refractivity contribution < 1.29 is 13.0 Å². The van der Waals surface area contributed by atoms with Crippen molar-refractivity contribution in [2.75, 3.05) is 0 Å². The van der Waals surface area contributed by atoms with Crippen molar-refractivity contribution >= 4 is 20.9 Å². The molecule has 0 amide bonds. The maximum atomic E-state index is 12.0. The average Bonchev–Trinajstić information content (AvgIpc) is 2.97. The minimum absolute atomic E-state index is 0.0338. The molecule has 0 unspecified atom stereocenters. The van der Waals surface area contributed by atoms with E-state index in [0.29, 0.717) is 0 Å². The van der Waals surface area contributed by atoms with E-state index < -0.39 is 10.1 Å². The van der Waals surface area contributed by atoms with Crippen molar-refractivity contribution in [2.45, 2.75) is 186 Å². The van der Waals surface area contributed by atoms with Crippen molar-refractivity contribution in [3.63, 3.8) is 0 Å². The molecular weight excluding hydrogens is 536 g/mol. The largest absolute Gasteiger partial charge is 0.294 e. The van der Waals surface area contributed by atoms with E-state index in [4.69, 9.17) is 0 Å². The summed E-state index contributed by atoms with van der Waals surface area (Å²) in [6, 6.07) is 9.66. The monoisotopic (exact) mass is 600 g/mol. The van der Waals surface area contributed by atoms with Gasteiger partial charge in [0.1, 0.15) is 0 Å². The standard InChI is InChI=1S/C38H64O3S/c1-3-5-7-9-11-13-15-17-19-21-23-25-28-34-30-27-31-36-33-37(42(39,40)41)32-35(38(34)36)29-26-24-22-20-18-16-14-12-10-8-6-4-2/h27,30-33H,3-26,28-29H2,1-2H3,(H,39,40,41). The summed E-state index contributed by atoms with van der Waals surface area (Å²) in [5, 5.41) is 2.16. The van der Waals surface area contributed by atoms with Crippen LogP contribution in [0.2, 0.25) is 0 Å². The lowest BCUT2D eigenvalue weighted by Crippen LogP contribution is -2.02. The first-order valence-corrected chi connectivity index (χ1v) is 19.4. The van der Waals surface area contributed by atoms with Crippen LogP contribution in [0.15, 0.2) is 35.2 Å². The van der Waals surface area contributed by atoms with Crippen LogP contribution in [0.3, 0.4) is 0 Å². The molecule has 240 valence electrons. The highest BCUT2D eigenvalue weighted by molar-refractivity contribution is 7.85. The quantitative estimate of drug-likeness (QED) is 0.0819. The summed E-state index contributed by atoms with van der Waals surface area (Å²) in [6.45, 7) is 4.55. The zero-order valence-corrected chi connectivity index (χ0v) is 28.3. The zero-order valence-electron chi connectivity index (χ0n) is 27.4. The summed E-state index contributed by atoms with van der Waals surface area (Å²) in [6.07, 6.45) is 33.8. The first-order valence-electron chi connectivity index (χ1n) is 18.0. The van der Waals surface area contributed by atoms with Crippen molar-refractivity contribution in [3.8, 4) is 0 Å². The molecule has 1 N–H and O–H groups in total. The molecule has 0 aliphatic heterocycles. The van der Waals surface area contributed by atoms with Gasteiger partial charge in [0, 0.05) is 0 Å². The highest BCUT2D eigenvalue weighted by Crippen LogP contribution is 2.30. The molecule has 0 atom stereocenters. The lowest BCUT2D eigenvalue weighted by Gasteiger charge is -2.14. The Hall–Kier alpha value is -1.39. The first kappa shape index (κ1) is 36.8. The topological polar surface area (TPSA) is 54.4 Å². The Labute approximate surface area is 260 Å². The molecule has 0 heterocycles. The molecule has 0 radical (unpaired) electrons. The number of hydrogen-bond acceptors (Lipinski definition) is 2. The summed E-state index contributed by atoms with van der Waals surface area (Å²) in [7, 11) is -4.23. The molecule has 2 aromatic carbocycles. The minimum Gasteiger partial charge on any atom is -0.282 e. The van der Waals surface area contributed by atoms with E-state index in [2.05, 4.69) is 19.9 Å². The Morgan fingerprint density at radius 2 is 0.881 bits per heavy atom. The second kappa shape index (κ2) is 23.1. The average molecular weight is 601 g/mol. The van der Waals surface area contributed by atoms with Crippen molar-refractivity contribution in [2.24, 2.45) is 0 Å². The molecule has 2 rings (SSSR count). The lowest BCUT2D eigenvalue weighted by atomic mass is 9.93. The molecular formula is C38H64O3S. The second-order valence-corrected chi connectivity index (χ2v) is 14.3. The molecule has 0 fully saturated rings. The van der Waals surface area contributed by atoms with Crippen LogP contribution < -0.4 is 0 Å². The predicted octanol–water partition coefficient (Wildman–Crippen LogP) is 12.6. The fourth-order valence-corrected chi connectivity index (χ4v) is 7.01. The van der Waals surface area contributed by atoms with Gasteiger partial charge in [-0.3, -0.25) is 4.55 Å². The number of aryl methyl sites for hydroxylation is 2. The van der Waals surface area contributed by atoms with Crippen LogP contribution >= 0.6 is 0 Å². The number of hydrogen-bond donors (Lipinski definition) is 1. The van der Waals surface area contributed by atoms with Gasteiger partial charge in [-0.05, 0) is 59.7 Å². The normalized spacial score (nSPS) is 12.0.